The van der Waals surface area contributed by atoms with Gasteiger partial charge in [0, 0.05) is 6.04 Å². The number of para-hydroxylation sites is 1. The summed E-state index contributed by atoms with van der Waals surface area (Å²) in [5, 5.41) is 0.566. The standard InChI is InChI=1S/C21H25N3O3S/c1-16(2)24(13-8-14-28(26,27)17-9-4-3-5-10-17)15-20-22-19-12-7-6-11-18(19)21(25)23-20/h3-7,9-12,16H,8,13-15H2,1-2H3,(H,22,23,25). The van der Waals surface area contributed by atoms with Gasteiger partial charge in [-0.05, 0) is 51.1 Å². The average molecular weight is 400 g/mol. The first-order valence-electron chi connectivity index (χ1n) is 9.36. The van der Waals surface area contributed by atoms with Crippen molar-refractivity contribution < 1.29 is 8.42 Å². The molecule has 0 atom stereocenters. The zero-order valence-corrected chi connectivity index (χ0v) is 16.9. The molecular weight excluding hydrogens is 374 g/mol. The molecule has 7 heteroatoms. The lowest BCUT2D eigenvalue weighted by atomic mass is 10.2. The van der Waals surface area contributed by atoms with Gasteiger partial charge in [-0.3, -0.25) is 9.69 Å². The van der Waals surface area contributed by atoms with Crippen molar-refractivity contribution >= 4 is 20.7 Å². The van der Waals surface area contributed by atoms with Gasteiger partial charge >= 0.3 is 0 Å². The predicted octanol–water partition coefficient (Wildman–Crippen LogP) is 3.00. The summed E-state index contributed by atoms with van der Waals surface area (Å²) < 4.78 is 24.9. The molecule has 0 unspecified atom stereocenters. The zero-order chi connectivity index (χ0) is 20.1. The van der Waals surface area contributed by atoms with Crippen LogP contribution in [0.1, 0.15) is 26.1 Å². The average Bonchev–Trinajstić information content (AvgIpc) is 2.68. The summed E-state index contributed by atoms with van der Waals surface area (Å²) in [6.45, 7) is 5.15. The van der Waals surface area contributed by atoms with E-state index >= 15 is 0 Å². The fourth-order valence-electron chi connectivity index (χ4n) is 3.13. The molecule has 0 aliphatic rings. The first kappa shape index (κ1) is 20.2. The van der Waals surface area contributed by atoms with Crippen molar-refractivity contribution in [3.8, 4) is 0 Å². The molecule has 0 spiro atoms. The quantitative estimate of drug-likeness (QED) is 0.630. The highest BCUT2D eigenvalue weighted by Crippen LogP contribution is 2.13. The molecule has 0 radical (unpaired) electrons. The molecule has 0 aliphatic carbocycles. The second-order valence-corrected chi connectivity index (χ2v) is 9.19. The molecule has 28 heavy (non-hydrogen) atoms. The van der Waals surface area contributed by atoms with E-state index < -0.39 is 9.84 Å². The van der Waals surface area contributed by atoms with E-state index in [9.17, 15) is 13.2 Å². The van der Waals surface area contributed by atoms with Gasteiger partial charge in [0.2, 0.25) is 0 Å². The van der Waals surface area contributed by atoms with Crippen molar-refractivity contribution in [3.63, 3.8) is 0 Å². The number of sulfone groups is 1. The van der Waals surface area contributed by atoms with Crippen LogP contribution in [0.3, 0.4) is 0 Å². The molecule has 1 N–H and O–H groups in total. The normalized spacial score (nSPS) is 12.1. The molecule has 148 valence electrons. The van der Waals surface area contributed by atoms with E-state index in [-0.39, 0.29) is 17.4 Å². The fourth-order valence-corrected chi connectivity index (χ4v) is 4.44. The molecule has 6 nitrogen and oxygen atoms in total. The van der Waals surface area contributed by atoms with Crippen molar-refractivity contribution in [2.24, 2.45) is 0 Å². The third-order valence-corrected chi connectivity index (χ3v) is 6.52. The van der Waals surface area contributed by atoms with Crippen LogP contribution in [0.4, 0.5) is 0 Å². The summed E-state index contributed by atoms with van der Waals surface area (Å²) in [4.78, 5) is 22.1. The minimum absolute atomic E-state index is 0.0852. The minimum Gasteiger partial charge on any atom is -0.309 e. The number of nitrogens with one attached hydrogen (secondary N) is 1. The highest BCUT2D eigenvalue weighted by Gasteiger charge is 2.17. The number of nitrogens with zero attached hydrogens (tertiary/aromatic N) is 2. The van der Waals surface area contributed by atoms with E-state index in [1.54, 1.807) is 36.4 Å². The summed E-state index contributed by atoms with van der Waals surface area (Å²) in [5.41, 5.74) is 0.507. The van der Waals surface area contributed by atoms with Crippen molar-refractivity contribution in [1.29, 1.82) is 0 Å². The number of fused-ring (bicyclic) bond motifs is 1. The van der Waals surface area contributed by atoms with Crippen LogP contribution in [-0.4, -0.2) is 41.6 Å². The van der Waals surface area contributed by atoms with Crippen molar-refractivity contribution in [2.45, 2.75) is 37.8 Å². The highest BCUT2D eigenvalue weighted by atomic mass is 32.2. The van der Waals surface area contributed by atoms with E-state index in [4.69, 9.17) is 0 Å². The Balaban J connectivity index is 1.68. The molecule has 2 aromatic carbocycles. The number of aromatic amines is 1. The van der Waals surface area contributed by atoms with E-state index in [1.165, 1.54) is 0 Å². The second kappa shape index (κ2) is 8.67. The summed E-state index contributed by atoms with van der Waals surface area (Å²) in [6.07, 6.45) is 0.507. The Labute approximate surface area is 165 Å². The third-order valence-electron chi connectivity index (χ3n) is 4.71. The Morgan fingerprint density at radius 2 is 1.71 bits per heavy atom. The molecule has 0 aliphatic heterocycles. The Morgan fingerprint density at radius 3 is 2.43 bits per heavy atom. The van der Waals surface area contributed by atoms with Gasteiger partial charge in [0.25, 0.3) is 5.56 Å². The molecule has 0 saturated carbocycles. The SMILES string of the molecule is CC(C)N(CCCS(=O)(=O)c1ccccc1)Cc1nc2ccccc2c(=O)[nH]1. The van der Waals surface area contributed by atoms with Crippen LogP contribution in [0.25, 0.3) is 10.9 Å². The van der Waals surface area contributed by atoms with Gasteiger partial charge in [0.05, 0.1) is 28.1 Å². The van der Waals surface area contributed by atoms with Crippen LogP contribution in [0.2, 0.25) is 0 Å². The lowest BCUT2D eigenvalue weighted by molar-refractivity contribution is 0.208. The predicted molar refractivity (Wildman–Crippen MR) is 111 cm³/mol. The van der Waals surface area contributed by atoms with E-state index in [1.807, 2.05) is 32.0 Å². The van der Waals surface area contributed by atoms with Gasteiger partial charge in [-0.2, -0.15) is 0 Å². The van der Waals surface area contributed by atoms with Crippen LogP contribution in [0.5, 0.6) is 0 Å². The van der Waals surface area contributed by atoms with Crippen molar-refractivity contribution in [2.75, 3.05) is 12.3 Å². The van der Waals surface area contributed by atoms with Gasteiger partial charge in [0.1, 0.15) is 5.82 Å². The molecular formula is C21H25N3O3S. The first-order chi connectivity index (χ1) is 13.4. The number of benzene rings is 2. The third kappa shape index (κ3) is 4.85. The largest absolute Gasteiger partial charge is 0.309 e. The van der Waals surface area contributed by atoms with Crippen LogP contribution in [-0.2, 0) is 16.4 Å². The molecule has 0 bridgehead atoms. The van der Waals surface area contributed by atoms with Crippen LogP contribution in [0, 0.1) is 0 Å². The van der Waals surface area contributed by atoms with Gasteiger partial charge in [-0.25, -0.2) is 13.4 Å². The maximum Gasteiger partial charge on any atom is 0.258 e. The van der Waals surface area contributed by atoms with Crippen LogP contribution >= 0.6 is 0 Å². The Bertz CT molecular complexity index is 1090. The second-order valence-electron chi connectivity index (χ2n) is 7.08. The van der Waals surface area contributed by atoms with E-state index in [0.29, 0.717) is 41.1 Å². The monoisotopic (exact) mass is 399 g/mol. The molecule has 0 amide bonds. The summed E-state index contributed by atoms with van der Waals surface area (Å²) in [5.74, 6) is 0.672. The number of H-pyrrole nitrogens is 1. The zero-order valence-electron chi connectivity index (χ0n) is 16.1. The van der Waals surface area contributed by atoms with Crippen molar-refractivity contribution in [1.82, 2.24) is 14.9 Å². The number of hydrogen-bond acceptors (Lipinski definition) is 5. The maximum atomic E-state index is 12.5. The van der Waals surface area contributed by atoms with Gasteiger partial charge in [0.15, 0.2) is 9.84 Å². The van der Waals surface area contributed by atoms with Crippen molar-refractivity contribution in [3.05, 3.63) is 70.8 Å². The number of hydrogen-bond donors (Lipinski definition) is 1. The summed E-state index contributed by atoms with van der Waals surface area (Å²) >= 11 is 0. The van der Waals surface area contributed by atoms with Gasteiger partial charge in [-0.1, -0.05) is 30.3 Å². The van der Waals surface area contributed by atoms with Gasteiger partial charge in [-0.15, -0.1) is 0 Å². The number of rotatable bonds is 8. The molecule has 0 saturated heterocycles. The van der Waals surface area contributed by atoms with Crippen LogP contribution in [0.15, 0.2) is 64.3 Å². The first-order valence-corrected chi connectivity index (χ1v) is 11.0. The lowest BCUT2D eigenvalue weighted by Crippen LogP contribution is -2.33. The van der Waals surface area contributed by atoms with E-state index in [2.05, 4.69) is 14.9 Å². The maximum absolute atomic E-state index is 12.5. The van der Waals surface area contributed by atoms with Gasteiger partial charge < -0.3 is 4.98 Å². The summed E-state index contributed by atoms with van der Waals surface area (Å²) in [7, 11) is -3.29. The molecule has 3 rings (SSSR count). The van der Waals surface area contributed by atoms with Crippen LogP contribution < -0.4 is 5.56 Å². The molecule has 1 heterocycles. The smallest absolute Gasteiger partial charge is 0.258 e. The topological polar surface area (TPSA) is 83.1 Å². The molecule has 1 aromatic heterocycles. The fraction of sp³-hybridized carbons (Fsp3) is 0.333. The lowest BCUT2D eigenvalue weighted by Gasteiger charge is -2.25. The highest BCUT2D eigenvalue weighted by molar-refractivity contribution is 7.91. The summed E-state index contributed by atoms with van der Waals surface area (Å²) in [6, 6.07) is 15.9. The Morgan fingerprint density at radius 1 is 1.04 bits per heavy atom. The Hall–Kier alpha value is -2.51. The molecule has 3 aromatic rings. The minimum atomic E-state index is -3.29. The Kier molecular flexibility index (Phi) is 6.26. The molecule has 0 fully saturated rings. The number of aromatic nitrogens is 2. The van der Waals surface area contributed by atoms with E-state index in [0.717, 1.165) is 0 Å².